The Balaban J connectivity index is 1.96. The Hall–Kier alpha value is -3.02. The summed E-state index contributed by atoms with van der Waals surface area (Å²) in [5.74, 6) is -5.61. The quantitative estimate of drug-likeness (QED) is 0.552. The predicted octanol–water partition coefficient (Wildman–Crippen LogP) is 3.50. The maximum Gasteiger partial charge on any atom is 0.416 e. The number of hydrogen-bond acceptors (Lipinski definition) is 5. The molecule has 29 heavy (non-hydrogen) atoms. The fourth-order valence-corrected chi connectivity index (χ4v) is 2.79. The zero-order chi connectivity index (χ0) is 21.8. The lowest BCUT2D eigenvalue weighted by Gasteiger charge is -2.10. The van der Waals surface area contributed by atoms with E-state index >= 15 is 0 Å². The average molecular weight is 437 g/mol. The monoisotopic (exact) mass is 437 g/mol. The molecule has 0 saturated carbocycles. The molecule has 0 saturated heterocycles. The molecule has 0 aromatic heterocycles. The summed E-state index contributed by atoms with van der Waals surface area (Å²) in [6.45, 7) is -0.841. The first-order valence-electron chi connectivity index (χ1n) is 7.67. The minimum Gasteiger partial charge on any atom is -0.452 e. The number of benzene rings is 2. The van der Waals surface area contributed by atoms with Gasteiger partial charge in [-0.15, -0.1) is 0 Å². The van der Waals surface area contributed by atoms with Crippen LogP contribution in [0.1, 0.15) is 15.9 Å². The van der Waals surface area contributed by atoms with Crippen LogP contribution in [0.3, 0.4) is 0 Å². The van der Waals surface area contributed by atoms with Gasteiger partial charge in [0.2, 0.25) is 9.84 Å². The molecule has 0 heterocycles. The maximum atomic E-state index is 12.6. The highest BCUT2D eigenvalue weighted by Crippen LogP contribution is 2.30. The normalized spacial score (nSPS) is 11.9. The van der Waals surface area contributed by atoms with E-state index < -0.39 is 50.7 Å². The first kappa shape index (κ1) is 22.3. The summed E-state index contributed by atoms with van der Waals surface area (Å²) in [6.07, 6.45) is -4.60. The molecule has 2 rings (SSSR count). The van der Waals surface area contributed by atoms with Crippen LogP contribution in [0.5, 0.6) is 0 Å². The first-order valence-corrected chi connectivity index (χ1v) is 9.22. The summed E-state index contributed by atoms with van der Waals surface area (Å²) >= 11 is 0. The molecule has 12 heteroatoms. The molecule has 0 bridgehead atoms. The van der Waals surface area contributed by atoms with Crippen LogP contribution in [0.25, 0.3) is 0 Å². The van der Waals surface area contributed by atoms with Gasteiger partial charge < -0.3 is 10.1 Å². The Kier molecular flexibility index (Phi) is 6.57. The molecule has 1 amide bonds. The smallest absolute Gasteiger partial charge is 0.416 e. The van der Waals surface area contributed by atoms with Crippen LogP contribution in [0, 0.1) is 0 Å². The topological polar surface area (TPSA) is 89.5 Å². The van der Waals surface area contributed by atoms with Crippen LogP contribution in [0.4, 0.5) is 27.6 Å². The summed E-state index contributed by atoms with van der Waals surface area (Å²) in [5, 5.41) is 2.12. The number of rotatable bonds is 6. The van der Waals surface area contributed by atoms with Gasteiger partial charge in [-0.25, -0.2) is 13.2 Å². The SMILES string of the molecule is O=C(COC(=O)c1ccc(S(=O)(=O)C(F)F)cc1)Nc1cccc(C(F)(F)F)c1. The van der Waals surface area contributed by atoms with Gasteiger partial charge in [-0.2, -0.15) is 22.0 Å². The third-order valence-corrected chi connectivity index (χ3v) is 4.86. The number of nitrogens with one attached hydrogen (secondary N) is 1. The lowest BCUT2D eigenvalue weighted by atomic mass is 10.2. The molecule has 0 spiro atoms. The molecule has 156 valence electrons. The van der Waals surface area contributed by atoms with E-state index in [-0.39, 0.29) is 11.3 Å². The second kappa shape index (κ2) is 8.55. The fourth-order valence-electron chi connectivity index (χ4n) is 2.07. The van der Waals surface area contributed by atoms with E-state index in [1.54, 1.807) is 0 Å². The highest BCUT2D eigenvalue weighted by molar-refractivity contribution is 7.91. The van der Waals surface area contributed by atoms with Gasteiger partial charge in [0.25, 0.3) is 5.91 Å². The largest absolute Gasteiger partial charge is 0.452 e. The predicted molar refractivity (Wildman–Crippen MR) is 90.0 cm³/mol. The van der Waals surface area contributed by atoms with Gasteiger partial charge in [0.1, 0.15) is 0 Å². The van der Waals surface area contributed by atoms with Crippen molar-refractivity contribution in [3.05, 3.63) is 59.7 Å². The summed E-state index contributed by atoms with van der Waals surface area (Å²) in [6, 6.07) is 7.19. The highest BCUT2D eigenvalue weighted by atomic mass is 32.2. The van der Waals surface area contributed by atoms with Crippen molar-refractivity contribution >= 4 is 27.4 Å². The first-order chi connectivity index (χ1) is 13.4. The molecule has 0 radical (unpaired) electrons. The molecule has 6 nitrogen and oxygen atoms in total. The molecular formula is C17H12F5NO5S. The zero-order valence-electron chi connectivity index (χ0n) is 14.2. The van der Waals surface area contributed by atoms with Crippen LogP contribution in [-0.2, 0) is 25.5 Å². The molecule has 2 aromatic rings. The average Bonchev–Trinajstić information content (AvgIpc) is 2.65. The van der Waals surface area contributed by atoms with E-state index in [9.17, 15) is 40.0 Å². The molecule has 0 atom stereocenters. The van der Waals surface area contributed by atoms with Crippen molar-refractivity contribution in [3.8, 4) is 0 Å². The standard InChI is InChI=1S/C17H12F5NO5S/c18-16(19)29(26,27)13-6-4-10(5-7-13)15(25)28-9-14(24)23-12-3-1-2-11(8-12)17(20,21)22/h1-8,16H,9H2,(H,23,24). The number of halogens is 5. The number of hydrogen-bond donors (Lipinski definition) is 1. The fraction of sp³-hybridized carbons (Fsp3) is 0.176. The summed E-state index contributed by atoms with van der Waals surface area (Å²) in [5.41, 5.74) is -1.36. The van der Waals surface area contributed by atoms with Gasteiger partial charge in [-0.05, 0) is 42.5 Å². The number of ether oxygens (including phenoxy) is 1. The van der Waals surface area contributed by atoms with Crippen molar-refractivity contribution in [3.63, 3.8) is 0 Å². The van der Waals surface area contributed by atoms with Gasteiger partial charge in [0.05, 0.1) is 16.0 Å². The lowest BCUT2D eigenvalue weighted by molar-refractivity contribution is -0.137. The van der Waals surface area contributed by atoms with Crippen molar-refractivity contribution in [2.75, 3.05) is 11.9 Å². The van der Waals surface area contributed by atoms with Crippen molar-refractivity contribution in [1.82, 2.24) is 0 Å². The zero-order valence-corrected chi connectivity index (χ0v) is 15.1. The molecule has 0 aliphatic rings. The maximum absolute atomic E-state index is 12.6. The van der Waals surface area contributed by atoms with E-state index in [0.29, 0.717) is 6.07 Å². The number of carbonyl (C=O) groups is 2. The van der Waals surface area contributed by atoms with Gasteiger partial charge in [-0.3, -0.25) is 4.79 Å². The molecule has 1 N–H and O–H groups in total. The number of alkyl halides is 5. The molecule has 0 aliphatic carbocycles. The van der Waals surface area contributed by atoms with Crippen LogP contribution in [0.2, 0.25) is 0 Å². The van der Waals surface area contributed by atoms with Crippen molar-refractivity contribution in [2.45, 2.75) is 16.8 Å². The molecule has 0 fully saturated rings. The summed E-state index contributed by atoms with van der Waals surface area (Å²) in [7, 11) is -4.82. The van der Waals surface area contributed by atoms with E-state index in [4.69, 9.17) is 0 Å². The summed E-state index contributed by atoms with van der Waals surface area (Å²) in [4.78, 5) is 22.9. The Bertz CT molecular complexity index is 1000. The minimum absolute atomic E-state index is 0.164. The van der Waals surface area contributed by atoms with Gasteiger partial charge in [0.15, 0.2) is 6.61 Å². The van der Waals surface area contributed by atoms with E-state index in [0.717, 1.165) is 36.4 Å². The number of carbonyl (C=O) groups excluding carboxylic acids is 2. The van der Waals surface area contributed by atoms with Crippen LogP contribution < -0.4 is 5.32 Å². The van der Waals surface area contributed by atoms with Gasteiger partial charge >= 0.3 is 17.9 Å². The molecule has 0 aliphatic heterocycles. The highest BCUT2D eigenvalue weighted by Gasteiger charge is 2.30. The molecular weight excluding hydrogens is 425 g/mol. The van der Waals surface area contributed by atoms with Crippen LogP contribution in [-0.4, -0.2) is 32.7 Å². The Morgan fingerprint density at radius 1 is 1.03 bits per heavy atom. The van der Waals surface area contributed by atoms with E-state index in [1.165, 1.54) is 6.07 Å². The van der Waals surface area contributed by atoms with Crippen molar-refractivity contribution in [2.24, 2.45) is 0 Å². The number of amides is 1. The van der Waals surface area contributed by atoms with Gasteiger partial charge in [0, 0.05) is 5.69 Å². The number of sulfone groups is 1. The lowest BCUT2D eigenvalue weighted by Crippen LogP contribution is -2.21. The minimum atomic E-state index is -4.82. The van der Waals surface area contributed by atoms with Crippen LogP contribution in [0.15, 0.2) is 53.4 Å². The summed E-state index contributed by atoms with van der Waals surface area (Å²) < 4.78 is 90.1. The van der Waals surface area contributed by atoms with Crippen molar-refractivity contribution in [1.29, 1.82) is 0 Å². The Morgan fingerprint density at radius 3 is 2.21 bits per heavy atom. The second-order valence-electron chi connectivity index (χ2n) is 5.53. The van der Waals surface area contributed by atoms with E-state index in [2.05, 4.69) is 10.1 Å². The van der Waals surface area contributed by atoms with Crippen LogP contribution >= 0.6 is 0 Å². The third-order valence-electron chi connectivity index (χ3n) is 3.46. The van der Waals surface area contributed by atoms with Crippen molar-refractivity contribution < 1.29 is 44.7 Å². The molecule has 0 unspecified atom stereocenters. The van der Waals surface area contributed by atoms with Gasteiger partial charge in [-0.1, -0.05) is 6.07 Å². The molecule has 2 aromatic carbocycles. The Labute approximate surface area is 161 Å². The van der Waals surface area contributed by atoms with E-state index in [1.807, 2.05) is 0 Å². The number of anilines is 1. The second-order valence-corrected chi connectivity index (χ2v) is 7.45. The number of esters is 1. The third kappa shape index (κ3) is 5.73. The Morgan fingerprint density at radius 2 is 1.66 bits per heavy atom.